The number of hydrogen-bond donors (Lipinski definition) is 1. The highest BCUT2D eigenvalue weighted by Crippen LogP contribution is 2.22. The Morgan fingerprint density at radius 2 is 1.28 bits per heavy atom. The minimum atomic E-state index is -0.437. The molecule has 0 atom stereocenters. The highest BCUT2D eigenvalue weighted by atomic mass is 19.1. The van der Waals surface area contributed by atoms with Gasteiger partial charge in [-0.25, -0.2) is 8.78 Å². The number of rotatable bonds is 4. The van der Waals surface area contributed by atoms with E-state index in [9.17, 15) is 13.6 Å². The molecule has 0 spiro atoms. The van der Waals surface area contributed by atoms with Gasteiger partial charge in [0.1, 0.15) is 11.6 Å². The number of nitrogens with zero attached hydrogens (tertiary/aromatic N) is 2. The fraction of sp³-hybridized carbons (Fsp3) is 0.174. The van der Waals surface area contributed by atoms with Crippen LogP contribution in [0.1, 0.15) is 10.4 Å². The Morgan fingerprint density at radius 1 is 0.724 bits per heavy atom. The van der Waals surface area contributed by atoms with Crippen molar-refractivity contribution < 1.29 is 13.6 Å². The molecule has 4 nitrogen and oxygen atoms in total. The van der Waals surface area contributed by atoms with E-state index in [1.54, 1.807) is 18.2 Å². The third-order valence-corrected chi connectivity index (χ3v) is 5.05. The van der Waals surface area contributed by atoms with Gasteiger partial charge in [0.15, 0.2) is 0 Å². The van der Waals surface area contributed by atoms with Gasteiger partial charge in [0.2, 0.25) is 0 Å². The number of halogens is 2. The number of benzene rings is 3. The first kappa shape index (κ1) is 18.9. The molecular formula is C23H21F2N3O. The summed E-state index contributed by atoms with van der Waals surface area (Å²) in [6.07, 6.45) is 0. The van der Waals surface area contributed by atoms with Crippen molar-refractivity contribution >= 4 is 23.0 Å². The first-order chi connectivity index (χ1) is 14.1. The molecule has 0 unspecified atom stereocenters. The predicted molar refractivity (Wildman–Crippen MR) is 112 cm³/mol. The monoisotopic (exact) mass is 393 g/mol. The van der Waals surface area contributed by atoms with Crippen molar-refractivity contribution in [3.63, 3.8) is 0 Å². The quantitative estimate of drug-likeness (QED) is 0.707. The predicted octanol–water partition coefficient (Wildman–Crippen LogP) is 4.54. The lowest BCUT2D eigenvalue weighted by atomic mass is 10.2. The summed E-state index contributed by atoms with van der Waals surface area (Å²) < 4.78 is 26.4. The number of amides is 1. The Hall–Kier alpha value is -3.41. The van der Waals surface area contributed by atoms with Crippen molar-refractivity contribution in [3.8, 4) is 0 Å². The third-order valence-electron chi connectivity index (χ3n) is 5.05. The molecule has 6 heteroatoms. The van der Waals surface area contributed by atoms with Gasteiger partial charge in [-0.1, -0.05) is 6.07 Å². The molecule has 0 bridgehead atoms. The third kappa shape index (κ3) is 4.54. The van der Waals surface area contributed by atoms with Gasteiger partial charge in [0.05, 0.1) is 0 Å². The van der Waals surface area contributed by atoms with Crippen LogP contribution in [0.15, 0.2) is 72.8 Å². The Labute approximate surface area is 168 Å². The molecule has 3 aromatic rings. The zero-order chi connectivity index (χ0) is 20.2. The maximum Gasteiger partial charge on any atom is 0.255 e. The van der Waals surface area contributed by atoms with Gasteiger partial charge >= 0.3 is 0 Å². The molecule has 0 aromatic heterocycles. The number of nitrogens with one attached hydrogen (secondary N) is 1. The van der Waals surface area contributed by atoms with Gasteiger partial charge in [-0.2, -0.15) is 0 Å². The maximum atomic E-state index is 13.3. The zero-order valence-electron chi connectivity index (χ0n) is 15.8. The Morgan fingerprint density at radius 3 is 1.83 bits per heavy atom. The first-order valence-corrected chi connectivity index (χ1v) is 9.51. The van der Waals surface area contributed by atoms with Crippen LogP contribution in [0.25, 0.3) is 0 Å². The minimum absolute atomic E-state index is 0.225. The molecule has 0 radical (unpaired) electrons. The molecule has 29 heavy (non-hydrogen) atoms. The molecule has 148 valence electrons. The van der Waals surface area contributed by atoms with Crippen molar-refractivity contribution in [2.45, 2.75) is 0 Å². The van der Waals surface area contributed by atoms with Crippen molar-refractivity contribution in [2.75, 3.05) is 41.3 Å². The lowest BCUT2D eigenvalue weighted by molar-refractivity contribution is 0.102. The molecule has 1 aliphatic heterocycles. The van der Waals surface area contributed by atoms with Gasteiger partial charge in [0.25, 0.3) is 5.91 Å². The second-order valence-corrected chi connectivity index (χ2v) is 6.96. The summed E-state index contributed by atoms with van der Waals surface area (Å²) in [4.78, 5) is 16.7. The van der Waals surface area contributed by atoms with Crippen LogP contribution in [0.2, 0.25) is 0 Å². The number of carbonyl (C=O) groups excluding carboxylic acids is 1. The van der Waals surface area contributed by atoms with E-state index in [-0.39, 0.29) is 17.3 Å². The van der Waals surface area contributed by atoms with Gasteiger partial charge in [-0.05, 0) is 66.7 Å². The smallest absolute Gasteiger partial charge is 0.255 e. The van der Waals surface area contributed by atoms with Gasteiger partial charge in [0, 0.05) is 48.8 Å². The van der Waals surface area contributed by atoms with Crippen LogP contribution in [0.4, 0.5) is 25.8 Å². The topological polar surface area (TPSA) is 35.6 Å². The summed E-state index contributed by atoms with van der Waals surface area (Å²) in [5.41, 5.74) is 3.05. The van der Waals surface area contributed by atoms with E-state index in [0.717, 1.165) is 37.6 Å². The summed E-state index contributed by atoms with van der Waals surface area (Å²) in [7, 11) is 0. The van der Waals surface area contributed by atoms with Crippen LogP contribution >= 0.6 is 0 Å². The van der Waals surface area contributed by atoms with E-state index < -0.39 is 5.82 Å². The largest absolute Gasteiger partial charge is 0.368 e. The van der Waals surface area contributed by atoms with E-state index in [4.69, 9.17) is 0 Å². The second kappa shape index (κ2) is 8.31. The van der Waals surface area contributed by atoms with Crippen LogP contribution in [0, 0.1) is 11.6 Å². The molecular weight excluding hydrogens is 372 g/mol. The minimum Gasteiger partial charge on any atom is -0.368 e. The van der Waals surface area contributed by atoms with Crippen LogP contribution in [-0.2, 0) is 0 Å². The fourth-order valence-electron chi connectivity index (χ4n) is 3.46. The van der Waals surface area contributed by atoms with Gasteiger partial charge < -0.3 is 15.1 Å². The number of piperazine rings is 1. The van der Waals surface area contributed by atoms with E-state index in [1.165, 1.54) is 30.3 Å². The Balaban J connectivity index is 1.35. The average Bonchev–Trinajstić information content (AvgIpc) is 2.75. The summed E-state index contributed by atoms with van der Waals surface area (Å²) in [6.45, 7) is 3.41. The van der Waals surface area contributed by atoms with Crippen LogP contribution in [-0.4, -0.2) is 32.1 Å². The highest BCUT2D eigenvalue weighted by molar-refractivity contribution is 6.04. The summed E-state index contributed by atoms with van der Waals surface area (Å²) in [5.74, 6) is -1.00. The molecule has 0 saturated carbocycles. The molecule has 4 rings (SSSR count). The van der Waals surface area contributed by atoms with Crippen molar-refractivity contribution in [1.29, 1.82) is 0 Å². The molecule has 0 aliphatic carbocycles. The van der Waals surface area contributed by atoms with Crippen molar-refractivity contribution in [2.24, 2.45) is 0 Å². The SMILES string of the molecule is O=C(Nc1ccc(N2CCN(c3ccc(F)cc3)CC2)cc1)c1cccc(F)c1. The van der Waals surface area contributed by atoms with E-state index in [2.05, 4.69) is 15.1 Å². The molecule has 1 N–H and O–H groups in total. The first-order valence-electron chi connectivity index (χ1n) is 9.51. The standard InChI is InChI=1S/C23H21F2N3O/c24-18-4-8-21(9-5-18)27-12-14-28(15-13-27)22-10-6-20(7-11-22)26-23(29)17-2-1-3-19(25)16-17/h1-11,16H,12-15H2,(H,26,29). The average molecular weight is 393 g/mol. The number of carbonyl (C=O) groups is 1. The lowest BCUT2D eigenvalue weighted by Crippen LogP contribution is -2.46. The maximum absolute atomic E-state index is 13.3. The van der Waals surface area contributed by atoms with Gasteiger partial charge in [-0.3, -0.25) is 4.79 Å². The fourth-order valence-corrected chi connectivity index (χ4v) is 3.46. The second-order valence-electron chi connectivity index (χ2n) is 6.96. The molecule has 1 amide bonds. The van der Waals surface area contributed by atoms with Crippen molar-refractivity contribution in [3.05, 3.63) is 90.0 Å². The number of anilines is 3. The van der Waals surface area contributed by atoms with E-state index in [0.29, 0.717) is 5.69 Å². The Bertz CT molecular complexity index is 982. The highest BCUT2D eigenvalue weighted by Gasteiger charge is 2.17. The normalized spacial score (nSPS) is 14.0. The molecule has 3 aromatic carbocycles. The van der Waals surface area contributed by atoms with E-state index in [1.807, 2.05) is 24.3 Å². The molecule has 1 heterocycles. The number of hydrogen-bond acceptors (Lipinski definition) is 3. The Kier molecular flexibility index (Phi) is 5.42. The summed E-state index contributed by atoms with van der Waals surface area (Å²) >= 11 is 0. The van der Waals surface area contributed by atoms with Crippen LogP contribution < -0.4 is 15.1 Å². The zero-order valence-corrected chi connectivity index (χ0v) is 15.8. The van der Waals surface area contributed by atoms with Crippen LogP contribution in [0.5, 0.6) is 0 Å². The van der Waals surface area contributed by atoms with Crippen LogP contribution in [0.3, 0.4) is 0 Å². The molecule has 1 saturated heterocycles. The van der Waals surface area contributed by atoms with Crippen molar-refractivity contribution in [1.82, 2.24) is 0 Å². The molecule has 1 fully saturated rings. The van der Waals surface area contributed by atoms with Gasteiger partial charge in [-0.15, -0.1) is 0 Å². The van der Waals surface area contributed by atoms with E-state index >= 15 is 0 Å². The lowest BCUT2D eigenvalue weighted by Gasteiger charge is -2.37. The summed E-state index contributed by atoms with van der Waals surface area (Å²) in [5, 5.41) is 2.79. The molecule has 1 aliphatic rings. The summed E-state index contributed by atoms with van der Waals surface area (Å²) in [6, 6.07) is 19.8.